The number of hydroxylamine groups is 1. The van der Waals surface area contributed by atoms with Crippen LogP contribution >= 0.6 is 0 Å². The van der Waals surface area contributed by atoms with Gasteiger partial charge in [0.25, 0.3) is 5.91 Å². The van der Waals surface area contributed by atoms with Crippen LogP contribution in [0.4, 0.5) is 0 Å². The maximum Gasteiger partial charge on any atom is 0.267 e. The number of hydrogen-bond acceptors (Lipinski definition) is 4. The molecule has 0 unspecified atom stereocenters. The number of carbonyl (C=O) groups excluding carboxylic acids is 1. The number of hydrogen-bond donors (Lipinski definition) is 2. The van der Waals surface area contributed by atoms with Crippen LogP contribution in [0.5, 0.6) is 0 Å². The average molecular weight is 390 g/mol. The van der Waals surface area contributed by atoms with Crippen LogP contribution in [-0.2, 0) is 11.2 Å². The van der Waals surface area contributed by atoms with Crippen molar-refractivity contribution in [1.82, 2.24) is 19.8 Å². The van der Waals surface area contributed by atoms with Crippen LogP contribution in [0.2, 0.25) is 0 Å². The minimum absolute atomic E-state index is 0.424. The van der Waals surface area contributed by atoms with E-state index in [0.717, 1.165) is 42.8 Å². The van der Waals surface area contributed by atoms with Gasteiger partial charge in [0, 0.05) is 37.0 Å². The standard InChI is InChI=1S/C23H26N4O2/c1-17-20(27-15-3-2-6-22(27)24-17)13-16-26-14-4-5-21(26)19-10-7-18(8-11-19)9-12-23(28)25-29/h2-3,6-12,15,21,29H,4-5,13-14,16H2,1H3,(H,25,28)/b12-9+/t21-/m0/s1. The van der Waals surface area contributed by atoms with Crippen LogP contribution in [0.15, 0.2) is 54.7 Å². The minimum Gasteiger partial charge on any atom is -0.304 e. The first-order valence-electron chi connectivity index (χ1n) is 10.0. The van der Waals surface area contributed by atoms with Gasteiger partial charge in [0.2, 0.25) is 0 Å². The molecule has 1 saturated heterocycles. The fourth-order valence-electron chi connectivity index (χ4n) is 4.22. The SMILES string of the molecule is Cc1nc2ccccn2c1CCN1CCC[C@H]1c1ccc(/C=C/C(=O)NO)cc1. The number of imidazole rings is 1. The zero-order chi connectivity index (χ0) is 20.2. The van der Waals surface area contributed by atoms with Gasteiger partial charge in [-0.25, -0.2) is 10.5 Å². The highest BCUT2D eigenvalue weighted by atomic mass is 16.5. The lowest BCUT2D eigenvalue weighted by Crippen LogP contribution is -2.26. The topological polar surface area (TPSA) is 69.9 Å². The molecule has 29 heavy (non-hydrogen) atoms. The highest BCUT2D eigenvalue weighted by Crippen LogP contribution is 2.32. The number of nitrogens with zero attached hydrogens (tertiary/aromatic N) is 3. The Balaban J connectivity index is 1.44. The summed E-state index contributed by atoms with van der Waals surface area (Å²) in [6, 6.07) is 14.9. The maximum atomic E-state index is 11.1. The van der Waals surface area contributed by atoms with Gasteiger partial charge in [0.05, 0.1) is 5.69 Å². The molecule has 0 spiro atoms. The Hall–Kier alpha value is -2.96. The van der Waals surface area contributed by atoms with Gasteiger partial charge in [-0.1, -0.05) is 30.3 Å². The van der Waals surface area contributed by atoms with Gasteiger partial charge in [-0.05, 0) is 55.6 Å². The van der Waals surface area contributed by atoms with Crippen molar-refractivity contribution < 1.29 is 10.0 Å². The van der Waals surface area contributed by atoms with Crippen LogP contribution in [0.3, 0.4) is 0 Å². The summed E-state index contributed by atoms with van der Waals surface area (Å²) in [6.07, 6.45) is 8.44. The number of amides is 1. The van der Waals surface area contributed by atoms with Crippen LogP contribution < -0.4 is 5.48 Å². The highest BCUT2D eigenvalue weighted by Gasteiger charge is 2.26. The molecule has 6 heteroatoms. The number of nitrogens with one attached hydrogen (secondary N) is 1. The zero-order valence-corrected chi connectivity index (χ0v) is 16.6. The van der Waals surface area contributed by atoms with Gasteiger partial charge in [-0.15, -0.1) is 0 Å². The normalized spacial score (nSPS) is 17.4. The molecule has 1 aliphatic heterocycles. The Labute approximate surface area is 170 Å². The van der Waals surface area contributed by atoms with Gasteiger partial charge < -0.3 is 4.40 Å². The first-order valence-corrected chi connectivity index (χ1v) is 10.0. The van der Waals surface area contributed by atoms with Gasteiger partial charge in [-0.3, -0.25) is 14.9 Å². The fraction of sp³-hybridized carbons (Fsp3) is 0.304. The van der Waals surface area contributed by atoms with E-state index in [0.29, 0.717) is 6.04 Å². The van der Waals surface area contributed by atoms with Crippen molar-refractivity contribution in [3.8, 4) is 0 Å². The van der Waals surface area contributed by atoms with Gasteiger partial charge in [-0.2, -0.15) is 0 Å². The third-order valence-electron chi connectivity index (χ3n) is 5.69. The second-order valence-electron chi connectivity index (χ2n) is 7.49. The molecule has 2 N–H and O–H groups in total. The molecular formula is C23H26N4O2. The number of likely N-dealkylation sites (tertiary alicyclic amines) is 1. The number of carbonyl (C=O) groups is 1. The predicted octanol–water partition coefficient (Wildman–Crippen LogP) is 3.54. The number of pyridine rings is 1. The van der Waals surface area contributed by atoms with Crippen molar-refractivity contribution in [1.29, 1.82) is 0 Å². The number of rotatable bonds is 6. The fourth-order valence-corrected chi connectivity index (χ4v) is 4.22. The second-order valence-corrected chi connectivity index (χ2v) is 7.49. The second kappa shape index (κ2) is 8.59. The maximum absolute atomic E-state index is 11.1. The molecule has 0 saturated carbocycles. The van der Waals surface area contributed by atoms with Gasteiger partial charge in [0.1, 0.15) is 5.65 Å². The predicted molar refractivity (Wildman–Crippen MR) is 113 cm³/mol. The Morgan fingerprint density at radius 3 is 2.90 bits per heavy atom. The molecule has 1 aliphatic rings. The molecule has 4 rings (SSSR count). The van der Waals surface area contributed by atoms with Crippen LogP contribution in [0.25, 0.3) is 11.7 Å². The summed E-state index contributed by atoms with van der Waals surface area (Å²) < 4.78 is 2.20. The van der Waals surface area contributed by atoms with Crippen LogP contribution in [0.1, 0.15) is 41.4 Å². The molecule has 1 aromatic carbocycles. The Morgan fingerprint density at radius 1 is 1.28 bits per heavy atom. The van der Waals surface area contributed by atoms with E-state index in [1.165, 1.54) is 23.8 Å². The van der Waals surface area contributed by atoms with Crippen LogP contribution in [-0.4, -0.2) is 38.5 Å². The van der Waals surface area contributed by atoms with E-state index >= 15 is 0 Å². The number of benzene rings is 1. The third kappa shape index (κ3) is 4.23. The molecule has 1 fully saturated rings. The zero-order valence-electron chi connectivity index (χ0n) is 16.6. The van der Waals surface area contributed by atoms with Crippen molar-refractivity contribution in [2.45, 2.75) is 32.2 Å². The molecule has 150 valence electrons. The van der Waals surface area contributed by atoms with Crippen molar-refractivity contribution in [3.05, 3.63) is 77.3 Å². The van der Waals surface area contributed by atoms with Crippen molar-refractivity contribution in [3.63, 3.8) is 0 Å². The first-order chi connectivity index (χ1) is 14.2. The van der Waals surface area contributed by atoms with E-state index in [9.17, 15) is 4.79 Å². The molecule has 0 bridgehead atoms. The lowest BCUT2D eigenvalue weighted by atomic mass is 10.0. The van der Waals surface area contributed by atoms with Crippen molar-refractivity contribution >= 4 is 17.6 Å². The molecule has 3 aromatic rings. The summed E-state index contributed by atoms with van der Waals surface area (Å²) in [5.74, 6) is -0.529. The Bertz CT molecular complexity index is 1020. The molecule has 6 nitrogen and oxygen atoms in total. The van der Waals surface area contributed by atoms with Gasteiger partial charge >= 0.3 is 0 Å². The molecule has 1 amide bonds. The van der Waals surface area contributed by atoms with E-state index < -0.39 is 5.91 Å². The molecule has 3 heterocycles. The van der Waals surface area contributed by atoms with E-state index in [1.54, 1.807) is 11.6 Å². The summed E-state index contributed by atoms with van der Waals surface area (Å²) in [4.78, 5) is 18.4. The molecule has 2 aromatic heterocycles. The molecule has 1 atom stereocenters. The van der Waals surface area contributed by atoms with E-state index in [2.05, 4.69) is 51.7 Å². The minimum atomic E-state index is -0.529. The lowest BCUT2D eigenvalue weighted by Gasteiger charge is -2.25. The Morgan fingerprint density at radius 2 is 2.10 bits per heavy atom. The van der Waals surface area contributed by atoms with Crippen molar-refractivity contribution in [2.24, 2.45) is 0 Å². The number of aryl methyl sites for hydroxylation is 1. The summed E-state index contributed by atoms with van der Waals surface area (Å²) in [6.45, 7) is 4.21. The monoisotopic (exact) mass is 390 g/mol. The quantitative estimate of drug-likeness (QED) is 0.384. The van der Waals surface area contributed by atoms with E-state index in [4.69, 9.17) is 5.21 Å². The summed E-state index contributed by atoms with van der Waals surface area (Å²) >= 11 is 0. The third-order valence-corrected chi connectivity index (χ3v) is 5.69. The molecular weight excluding hydrogens is 364 g/mol. The lowest BCUT2D eigenvalue weighted by molar-refractivity contribution is -0.124. The number of fused-ring (bicyclic) bond motifs is 1. The smallest absolute Gasteiger partial charge is 0.267 e. The summed E-state index contributed by atoms with van der Waals surface area (Å²) in [5.41, 5.74) is 7.24. The molecule has 0 radical (unpaired) electrons. The van der Waals surface area contributed by atoms with E-state index in [1.807, 2.05) is 18.2 Å². The largest absolute Gasteiger partial charge is 0.304 e. The summed E-state index contributed by atoms with van der Waals surface area (Å²) in [5, 5.41) is 8.56. The van der Waals surface area contributed by atoms with Gasteiger partial charge in [0.15, 0.2) is 0 Å². The molecule has 0 aliphatic carbocycles. The van der Waals surface area contributed by atoms with E-state index in [-0.39, 0.29) is 0 Å². The first kappa shape index (κ1) is 19.4. The van der Waals surface area contributed by atoms with Crippen LogP contribution in [0, 0.1) is 6.92 Å². The van der Waals surface area contributed by atoms with Crippen molar-refractivity contribution in [2.75, 3.05) is 13.1 Å². The Kier molecular flexibility index (Phi) is 5.74. The highest BCUT2D eigenvalue weighted by molar-refractivity contribution is 5.90. The number of aromatic nitrogens is 2. The summed E-state index contributed by atoms with van der Waals surface area (Å²) in [7, 11) is 0. The average Bonchev–Trinajstić information content (AvgIpc) is 3.34.